The lowest BCUT2D eigenvalue weighted by atomic mass is 10.0. The van der Waals surface area contributed by atoms with Gasteiger partial charge in [0, 0.05) is 43.5 Å². The Balaban J connectivity index is 1.15. The number of ether oxygens (including phenoxy) is 2. The molecule has 264 valence electrons. The largest absolute Gasteiger partial charge is 0.456 e. The van der Waals surface area contributed by atoms with E-state index in [0.29, 0.717) is 38.1 Å². The molecule has 1 atom stereocenters. The van der Waals surface area contributed by atoms with Gasteiger partial charge in [0.1, 0.15) is 23.6 Å². The van der Waals surface area contributed by atoms with Gasteiger partial charge in [-0.15, -0.1) is 11.8 Å². The molecule has 11 nitrogen and oxygen atoms in total. The molecule has 0 aliphatic carbocycles. The third kappa shape index (κ3) is 7.89. The zero-order valence-electron chi connectivity index (χ0n) is 27.9. The zero-order valence-corrected chi connectivity index (χ0v) is 28.7. The van der Waals surface area contributed by atoms with Crippen LogP contribution in [-0.2, 0) is 22.3 Å². The van der Waals surface area contributed by atoms with Gasteiger partial charge in [0.15, 0.2) is 0 Å². The van der Waals surface area contributed by atoms with Crippen LogP contribution in [0.15, 0.2) is 51.9 Å². The van der Waals surface area contributed by atoms with E-state index in [1.165, 1.54) is 29.9 Å². The van der Waals surface area contributed by atoms with Crippen LogP contribution in [0, 0.1) is 0 Å². The van der Waals surface area contributed by atoms with Crippen LogP contribution in [0.4, 0.5) is 18.0 Å². The minimum atomic E-state index is -4.74. The summed E-state index contributed by atoms with van der Waals surface area (Å²) in [4.78, 5) is 38.8. The highest BCUT2D eigenvalue weighted by Crippen LogP contribution is 2.42. The molecule has 3 amide bonds. The number of alkyl halides is 3. The number of rotatable bonds is 12. The van der Waals surface area contributed by atoms with E-state index >= 15 is 0 Å². The SMILES string of the molecule is CC(CSc1ccccc1Oc1ccc(-c2noc(CN3C(=O)N(CCN4CCOCC4)C(C)(C)C3=O)n2)cc1C(F)(F)F)N1CCCC1. The summed E-state index contributed by atoms with van der Waals surface area (Å²) in [6.07, 6.45) is -2.38. The maximum absolute atomic E-state index is 14.4. The van der Waals surface area contributed by atoms with Crippen LogP contribution in [0.1, 0.15) is 45.1 Å². The lowest BCUT2D eigenvalue weighted by molar-refractivity contribution is -0.138. The van der Waals surface area contributed by atoms with Crippen molar-refractivity contribution in [2.75, 3.05) is 58.2 Å². The summed E-state index contributed by atoms with van der Waals surface area (Å²) in [6.45, 7) is 11.0. The number of benzene rings is 2. The minimum absolute atomic E-state index is 0.0447. The molecule has 0 spiro atoms. The number of likely N-dealkylation sites (tertiary alicyclic amines) is 1. The molecule has 3 aromatic rings. The number of carbonyl (C=O) groups excluding carboxylic acids is 2. The predicted molar refractivity (Wildman–Crippen MR) is 176 cm³/mol. The Labute approximate surface area is 287 Å². The van der Waals surface area contributed by atoms with Crippen LogP contribution in [0.3, 0.4) is 0 Å². The monoisotopic (exact) mass is 702 g/mol. The number of aromatic nitrogens is 2. The average Bonchev–Trinajstić information content (AvgIpc) is 3.82. The summed E-state index contributed by atoms with van der Waals surface area (Å²) < 4.78 is 59.7. The van der Waals surface area contributed by atoms with Gasteiger partial charge in [-0.1, -0.05) is 17.3 Å². The van der Waals surface area contributed by atoms with Gasteiger partial charge in [0.2, 0.25) is 11.7 Å². The number of amides is 3. The maximum Gasteiger partial charge on any atom is 0.420 e. The van der Waals surface area contributed by atoms with Crippen molar-refractivity contribution in [3.8, 4) is 22.9 Å². The molecule has 49 heavy (non-hydrogen) atoms. The first kappa shape index (κ1) is 35.2. The number of nitrogens with zero attached hydrogens (tertiary/aromatic N) is 6. The van der Waals surface area contributed by atoms with E-state index in [1.807, 2.05) is 12.1 Å². The topological polar surface area (TPSA) is 104 Å². The van der Waals surface area contributed by atoms with E-state index in [4.69, 9.17) is 14.0 Å². The zero-order chi connectivity index (χ0) is 34.8. The van der Waals surface area contributed by atoms with Gasteiger partial charge >= 0.3 is 12.2 Å². The van der Waals surface area contributed by atoms with Crippen molar-refractivity contribution in [3.63, 3.8) is 0 Å². The summed E-state index contributed by atoms with van der Waals surface area (Å²) in [5.74, 6) is 0.150. The number of thioether (sulfide) groups is 1. The van der Waals surface area contributed by atoms with Crippen molar-refractivity contribution in [2.24, 2.45) is 0 Å². The Bertz CT molecular complexity index is 1640. The standard InChI is InChI=1S/C34H41F3N6O5S/c1-23(41-12-6-7-13-41)22-49-28-9-5-4-8-27(28)47-26-11-10-24(20-25(26)34(35,36)37)30-38-29(48-39-30)21-42-31(44)33(2,3)43(32(42)45)15-14-40-16-18-46-19-17-40/h4-5,8-11,20,23H,6-7,12-19,21-22H2,1-3H3. The highest BCUT2D eigenvalue weighted by molar-refractivity contribution is 7.99. The molecule has 2 aromatic carbocycles. The number of imide groups is 1. The highest BCUT2D eigenvalue weighted by Gasteiger charge is 2.51. The smallest absolute Gasteiger partial charge is 0.420 e. The molecule has 1 aromatic heterocycles. The van der Waals surface area contributed by atoms with E-state index < -0.39 is 29.2 Å². The number of morpholine rings is 1. The maximum atomic E-state index is 14.4. The number of carbonyl (C=O) groups is 2. The van der Waals surface area contributed by atoms with Crippen molar-refractivity contribution < 1.29 is 36.8 Å². The molecule has 0 N–H and O–H groups in total. The third-order valence-corrected chi connectivity index (χ3v) is 10.6. The molecule has 3 aliphatic heterocycles. The summed E-state index contributed by atoms with van der Waals surface area (Å²) in [5, 5.41) is 3.87. The quantitative estimate of drug-likeness (QED) is 0.165. The summed E-state index contributed by atoms with van der Waals surface area (Å²) in [6, 6.07) is 10.5. The molecule has 4 heterocycles. The van der Waals surface area contributed by atoms with Crippen molar-refractivity contribution >= 4 is 23.7 Å². The van der Waals surface area contributed by atoms with Gasteiger partial charge in [-0.05, 0) is 77.0 Å². The van der Waals surface area contributed by atoms with Crippen LogP contribution in [-0.4, -0.2) is 111 Å². The van der Waals surface area contributed by atoms with Gasteiger partial charge in [-0.3, -0.25) is 19.5 Å². The first-order chi connectivity index (χ1) is 23.4. The second kappa shape index (κ2) is 14.7. The Morgan fingerprint density at radius 1 is 1.00 bits per heavy atom. The third-order valence-electron chi connectivity index (χ3n) is 9.27. The van der Waals surface area contributed by atoms with Gasteiger partial charge in [-0.25, -0.2) is 4.79 Å². The number of hydrogen-bond acceptors (Lipinski definition) is 10. The molecule has 0 saturated carbocycles. The summed E-state index contributed by atoms with van der Waals surface area (Å²) >= 11 is 1.56. The minimum Gasteiger partial charge on any atom is -0.456 e. The summed E-state index contributed by atoms with van der Waals surface area (Å²) in [7, 11) is 0. The van der Waals surface area contributed by atoms with E-state index in [-0.39, 0.29) is 29.6 Å². The molecule has 0 radical (unpaired) electrons. The van der Waals surface area contributed by atoms with E-state index in [0.717, 1.165) is 47.8 Å². The second-order valence-corrected chi connectivity index (χ2v) is 14.1. The molecular formula is C34H41F3N6O5S. The second-order valence-electron chi connectivity index (χ2n) is 13.0. The van der Waals surface area contributed by atoms with E-state index in [9.17, 15) is 22.8 Å². The Morgan fingerprint density at radius 3 is 2.47 bits per heavy atom. The molecular weight excluding hydrogens is 661 g/mol. The van der Waals surface area contributed by atoms with Crippen molar-refractivity contribution in [1.29, 1.82) is 0 Å². The van der Waals surface area contributed by atoms with Crippen molar-refractivity contribution in [1.82, 2.24) is 29.7 Å². The van der Waals surface area contributed by atoms with E-state index in [1.54, 1.807) is 37.7 Å². The Morgan fingerprint density at radius 2 is 1.73 bits per heavy atom. The molecule has 6 rings (SSSR count). The Kier molecular flexibility index (Phi) is 10.5. The number of urea groups is 1. The molecule has 1 unspecified atom stereocenters. The lowest BCUT2D eigenvalue weighted by Gasteiger charge is -2.32. The van der Waals surface area contributed by atoms with Gasteiger partial charge < -0.3 is 18.9 Å². The van der Waals surface area contributed by atoms with Gasteiger partial charge in [-0.2, -0.15) is 18.2 Å². The molecule has 3 aliphatic rings. The van der Waals surface area contributed by atoms with Crippen molar-refractivity contribution in [2.45, 2.75) is 62.8 Å². The van der Waals surface area contributed by atoms with Crippen LogP contribution in [0.5, 0.6) is 11.5 Å². The molecule has 0 bridgehead atoms. The fraction of sp³-hybridized carbons (Fsp3) is 0.529. The normalized spacial score (nSPS) is 19.6. The number of para-hydroxylation sites is 1. The highest BCUT2D eigenvalue weighted by atomic mass is 32.2. The van der Waals surface area contributed by atoms with Crippen LogP contribution >= 0.6 is 11.8 Å². The first-order valence-electron chi connectivity index (χ1n) is 16.5. The average molecular weight is 703 g/mol. The van der Waals surface area contributed by atoms with Crippen LogP contribution < -0.4 is 4.74 Å². The van der Waals surface area contributed by atoms with Gasteiger partial charge in [0.25, 0.3) is 5.91 Å². The molecule has 3 saturated heterocycles. The molecule has 3 fully saturated rings. The van der Waals surface area contributed by atoms with E-state index in [2.05, 4.69) is 26.9 Å². The van der Waals surface area contributed by atoms with Crippen LogP contribution in [0.2, 0.25) is 0 Å². The number of hydrogen-bond donors (Lipinski definition) is 0. The molecule has 15 heteroatoms. The lowest BCUT2D eigenvalue weighted by Crippen LogP contribution is -2.48. The van der Waals surface area contributed by atoms with Crippen molar-refractivity contribution in [3.05, 3.63) is 53.9 Å². The fourth-order valence-electron chi connectivity index (χ4n) is 6.32. The fourth-order valence-corrected chi connectivity index (χ4v) is 7.38. The predicted octanol–water partition coefficient (Wildman–Crippen LogP) is 6.00. The summed E-state index contributed by atoms with van der Waals surface area (Å²) in [5.41, 5.74) is -2.04. The Hall–Kier alpha value is -3.66. The van der Waals surface area contributed by atoms with Gasteiger partial charge in [0.05, 0.1) is 23.7 Å². The first-order valence-corrected chi connectivity index (χ1v) is 17.5. The number of halogens is 3. The van der Waals surface area contributed by atoms with Crippen LogP contribution in [0.25, 0.3) is 11.4 Å².